The Morgan fingerprint density at radius 2 is 2.17 bits per heavy atom. The molecule has 0 aromatic rings. The van der Waals surface area contributed by atoms with Gasteiger partial charge < -0.3 is 25.0 Å². The summed E-state index contributed by atoms with van der Waals surface area (Å²) >= 11 is 0. The lowest BCUT2D eigenvalue weighted by Gasteiger charge is -2.29. The number of nitrogens with zero attached hydrogens (tertiary/aromatic N) is 2. The van der Waals surface area contributed by atoms with Crippen molar-refractivity contribution in [3.63, 3.8) is 0 Å². The van der Waals surface area contributed by atoms with Crippen molar-refractivity contribution in [1.82, 2.24) is 15.5 Å². The zero-order valence-electron chi connectivity index (χ0n) is 15.1. The van der Waals surface area contributed by atoms with Crippen molar-refractivity contribution < 1.29 is 9.47 Å². The molecule has 1 fully saturated rings. The highest BCUT2D eigenvalue weighted by Gasteiger charge is 2.17. The average Bonchev–Trinajstić information content (AvgIpc) is 2.48. The summed E-state index contributed by atoms with van der Waals surface area (Å²) in [5.41, 5.74) is 0. The molecule has 0 amide bonds. The van der Waals surface area contributed by atoms with Crippen LogP contribution in [0.5, 0.6) is 0 Å². The van der Waals surface area contributed by atoms with Crippen LogP contribution in [-0.4, -0.2) is 76.6 Å². The summed E-state index contributed by atoms with van der Waals surface area (Å²) in [5, 5.41) is 6.62. The van der Waals surface area contributed by atoms with Crippen LogP contribution in [0.1, 0.15) is 27.2 Å². The molecule has 7 heteroatoms. The smallest absolute Gasteiger partial charge is 0.191 e. The van der Waals surface area contributed by atoms with Crippen LogP contribution in [0.3, 0.4) is 0 Å². The van der Waals surface area contributed by atoms with Crippen LogP contribution < -0.4 is 10.6 Å². The Kier molecular flexibility index (Phi) is 14.2. The Balaban J connectivity index is 0.00000484. The molecule has 1 saturated heterocycles. The number of ether oxygens (including phenoxy) is 2. The first-order chi connectivity index (χ1) is 10.6. The van der Waals surface area contributed by atoms with E-state index in [2.05, 4.69) is 48.3 Å². The Morgan fingerprint density at radius 1 is 1.39 bits per heavy atom. The molecule has 1 aliphatic rings. The van der Waals surface area contributed by atoms with E-state index in [9.17, 15) is 0 Å². The summed E-state index contributed by atoms with van der Waals surface area (Å²) < 4.78 is 11.3. The lowest BCUT2D eigenvalue weighted by atomic mass is 10.2. The number of morpholine rings is 1. The van der Waals surface area contributed by atoms with Crippen LogP contribution in [0.4, 0.5) is 0 Å². The van der Waals surface area contributed by atoms with Gasteiger partial charge in [-0.2, -0.15) is 0 Å². The molecule has 0 aromatic carbocycles. The van der Waals surface area contributed by atoms with E-state index in [1.54, 1.807) is 0 Å². The Morgan fingerprint density at radius 3 is 2.83 bits per heavy atom. The van der Waals surface area contributed by atoms with Gasteiger partial charge in [-0.15, -0.1) is 24.0 Å². The molecule has 1 unspecified atom stereocenters. The van der Waals surface area contributed by atoms with E-state index in [4.69, 9.17) is 9.47 Å². The van der Waals surface area contributed by atoms with Crippen molar-refractivity contribution in [2.24, 2.45) is 10.9 Å². The highest BCUT2D eigenvalue weighted by molar-refractivity contribution is 14.0. The third-order valence-corrected chi connectivity index (χ3v) is 3.35. The van der Waals surface area contributed by atoms with Gasteiger partial charge >= 0.3 is 0 Å². The highest BCUT2D eigenvalue weighted by atomic mass is 127. The lowest BCUT2D eigenvalue weighted by Crippen LogP contribution is -2.43. The third kappa shape index (κ3) is 12.0. The molecular weight excluding hydrogens is 407 g/mol. The summed E-state index contributed by atoms with van der Waals surface area (Å²) in [6.45, 7) is 13.2. The molecule has 1 aliphatic heterocycles. The zero-order chi connectivity index (χ0) is 16.2. The van der Waals surface area contributed by atoms with Gasteiger partial charge in [-0.05, 0) is 26.3 Å². The van der Waals surface area contributed by atoms with Gasteiger partial charge in [0.1, 0.15) is 0 Å². The molecule has 0 radical (unpaired) electrons. The SMILES string of the molecule is CCNC(=NCC1CN(C)CCO1)NCCCOCC(C)C.I. The van der Waals surface area contributed by atoms with Crippen molar-refractivity contribution in [3.05, 3.63) is 0 Å². The average molecular weight is 442 g/mol. The van der Waals surface area contributed by atoms with Gasteiger partial charge in [0.15, 0.2) is 5.96 Å². The molecule has 0 saturated carbocycles. The monoisotopic (exact) mass is 442 g/mol. The largest absolute Gasteiger partial charge is 0.381 e. The van der Waals surface area contributed by atoms with Gasteiger partial charge in [0.2, 0.25) is 0 Å². The van der Waals surface area contributed by atoms with E-state index in [1.807, 2.05) is 0 Å². The number of hydrogen-bond acceptors (Lipinski definition) is 4. The Labute approximate surface area is 158 Å². The van der Waals surface area contributed by atoms with Gasteiger partial charge in [-0.3, -0.25) is 4.99 Å². The molecule has 1 atom stereocenters. The Bertz CT molecular complexity index is 316. The Hall–Kier alpha value is -0.120. The first-order valence-electron chi connectivity index (χ1n) is 8.51. The van der Waals surface area contributed by atoms with Crippen LogP contribution in [0.2, 0.25) is 0 Å². The minimum absolute atomic E-state index is 0. The zero-order valence-corrected chi connectivity index (χ0v) is 17.5. The molecule has 23 heavy (non-hydrogen) atoms. The standard InChI is InChI=1S/C16H34N4O2.HI/c1-5-17-16(18-7-6-9-21-13-14(2)3)19-11-15-12-20(4)8-10-22-15;/h14-15H,5-13H2,1-4H3,(H2,17,18,19);1H. The van der Waals surface area contributed by atoms with E-state index in [1.165, 1.54) is 0 Å². The normalized spacial score (nSPS) is 19.5. The summed E-state index contributed by atoms with van der Waals surface area (Å²) in [7, 11) is 2.12. The second-order valence-electron chi connectivity index (χ2n) is 6.22. The topological polar surface area (TPSA) is 58.1 Å². The number of likely N-dealkylation sites (N-methyl/N-ethyl adjacent to an activating group) is 1. The quantitative estimate of drug-likeness (QED) is 0.246. The number of hydrogen-bond donors (Lipinski definition) is 2. The number of halogens is 1. The summed E-state index contributed by atoms with van der Waals surface area (Å²) in [6.07, 6.45) is 1.18. The second kappa shape index (κ2) is 14.2. The first-order valence-corrected chi connectivity index (χ1v) is 8.51. The van der Waals surface area contributed by atoms with E-state index in [-0.39, 0.29) is 30.1 Å². The number of guanidine groups is 1. The summed E-state index contributed by atoms with van der Waals surface area (Å²) in [6, 6.07) is 0. The highest BCUT2D eigenvalue weighted by Crippen LogP contribution is 2.03. The van der Waals surface area contributed by atoms with Crippen molar-refractivity contribution >= 4 is 29.9 Å². The first kappa shape index (κ1) is 22.9. The minimum Gasteiger partial charge on any atom is -0.381 e. The predicted octanol–water partition coefficient (Wildman–Crippen LogP) is 1.55. The summed E-state index contributed by atoms with van der Waals surface area (Å²) in [4.78, 5) is 6.91. The number of rotatable bonds is 9. The fourth-order valence-electron chi connectivity index (χ4n) is 2.21. The molecule has 0 bridgehead atoms. The van der Waals surface area contributed by atoms with Gasteiger partial charge in [0, 0.05) is 39.4 Å². The van der Waals surface area contributed by atoms with Crippen molar-refractivity contribution in [2.75, 3.05) is 59.6 Å². The van der Waals surface area contributed by atoms with Gasteiger partial charge in [0.05, 0.1) is 19.3 Å². The van der Waals surface area contributed by atoms with Gasteiger partial charge in [0.25, 0.3) is 0 Å². The van der Waals surface area contributed by atoms with Crippen LogP contribution in [0.15, 0.2) is 4.99 Å². The maximum atomic E-state index is 5.73. The molecule has 1 rings (SSSR count). The third-order valence-electron chi connectivity index (χ3n) is 3.35. The fraction of sp³-hybridized carbons (Fsp3) is 0.938. The van der Waals surface area contributed by atoms with Crippen molar-refractivity contribution in [2.45, 2.75) is 33.3 Å². The maximum absolute atomic E-state index is 5.73. The molecule has 0 spiro atoms. The molecular formula is C16H35IN4O2. The molecule has 6 nitrogen and oxygen atoms in total. The molecule has 0 aliphatic carbocycles. The number of aliphatic imine (C=N–C) groups is 1. The predicted molar refractivity (Wildman–Crippen MR) is 107 cm³/mol. The van der Waals surface area contributed by atoms with Gasteiger partial charge in [-0.25, -0.2) is 0 Å². The van der Waals surface area contributed by atoms with Crippen LogP contribution in [-0.2, 0) is 9.47 Å². The van der Waals surface area contributed by atoms with E-state index < -0.39 is 0 Å². The fourth-order valence-corrected chi connectivity index (χ4v) is 2.21. The number of nitrogens with one attached hydrogen (secondary N) is 2. The molecule has 138 valence electrons. The van der Waals surface area contributed by atoms with Crippen molar-refractivity contribution in [1.29, 1.82) is 0 Å². The minimum atomic E-state index is 0. The van der Waals surface area contributed by atoms with Crippen LogP contribution in [0.25, 0.3) is 0 Å². The van der Waals surface area contributed by atoms with Crippen molar-refractivity contribution in [3.8, 4) is 0 Å². The van der Waals surface area contributed by atoms with E-state index in [0.717, 1.165) is 58.4 Å². The van der Waals surface area contributed by atoms with Crippen LogP contribution >= 0.6 is 24.0 Å². The van der Waals surface area contributed by atoms with E-state index in [0.29, 0.717) is 12.5 Å². The van der Waals surface area contributed by atoms with E-state index >= 15 is 0 Å². The summed E-state index contributed by atoms with van der Waals surface area (Å²) in [5.74, 6) is 1.46. The van der Waals surface area contributed by atoms with Crippen LogP contribution in [0, 0.1) is 5.92 Å². The second-order valence-corrected chi connectivity index (χ2v) is 6.22. The maximum Gasteiger partial charge on any atom is 0.191 e. The molecule has 2 N–H and O–H groups in total. The van der Waals surface area contributed by atoms with Gasteiger partial charge in [-0.1, -0.05) is 13.8 Å². The lowest BCUT2D eigenvalue weighted by molar-refractivity contribution is -0.0136. The molecule has 0 aromatic heterocycles. The molecule has 1 heterocycles.